The molecular formula is C14H21NO3. The Bertz CT molecular complexity index is 362. The Balaban J connectivity index is 2.52. The number of amides is 1. The lowest BCUT2D eigenvalue weighted by Crippen LogP contribution is -2.39. The van der Waals surface area contributed by atoms with Gasteiger partial charge in [-0.3, -0.25) is 4.79 Å². The molecule has 0 N–H and O–H groups in total. The lowest BCUT2D eigenvalue weighted by Gasteiger charge is -2.28. The van der Waals surface area contributed by atoms with Crippen molar-refractivity contribution >= 4 is 11.9 Å². The highest BCUT2D eigenvalue weighted by atomic mass is 16.6. The van der Waals surface area contributed by atoms with Gasteiger partial charge < -0.3 is 9.64 Å². The number of hydrogen-bond acceptors (Lipinski definition) is 3. The van der Waals surface area contributed by atoms with Gasteiger partial charge in [-0.25, -0.2) is 4.79 Å². The highest BCUT2D eigenvalue weighted by Gasteiger charge is 2.31. The molecule has 1 atom stereocenters. The SMILES string of the molecule is C#CC(=O)CCC1CCCN1C(=O)OC(C)(C)C. The zero-order chi connectivity index (χ0) is 13.8. The number of carbonyl (C=O) groups excluding carboxylic acids is 2. The van der Waals surface area contributed by atoms with Crippen molar-refractivity contribution in [3.05, 3.63) is 0 Å². The normalized spacial score (nSPS) is 19.4. The van der Waals surface area contributed by atoms with Crippen molar-refractivity contribution < 1.29 is 14.3 Å². The van der Waals surface area contributed by atoms with Crippen LogP contribution in [0.25, 0.3) is 0 Å². The number of nitrogens with zero attached hydrogens (tertiary/aromatic N) is 1. The molecule has 1 saturated heterocycles. The average Bonchev–Trinajstić information content (AvgIpc) is 2.71. The summed E-state index contributed by atoms with van der Waals surface area (Å²) in [6.07, 6.45) is 7.56. The van der Waals surface area contributed by atoms with Gasteiger partial charge in [-0.1, -0.05) is 0 Å². The van der Waals surface area contributed by atoms with E-state index in [1.54, 1.807) is 4.90 Å². The van der Waals surface area contributed by atoms with E-state index in [0.29, 0.717) is 19.4 Å². The number of ketones is 1. The number of hydrogen-bond donors (Lipinski definition) is 0. The minimum atomic E-state index is -0.487. The van der Waals surface area contributed by atoms with Crippen LogP contribution in [0.1, 0.15) is 46.5 Å². The molecule has 0 radical (unpaired) electrons. The van der Waals surface area contributed by atoms with E-state index >= 15 is 0 Å². The van der Waals surface area contributed by atoms with E-state index in [2.05, 4.69) is 5.92 Å². The standard InChI is InChI=1S/C14H21NO3/c1-5-12(16)9-8-11-7-6-10-15(11)13(17)18-14(2,3)4/h1,11H,6-10H2,2-4H3. The van der Waals surface area contributed by atoms with Gasteiger partial charge in [0.2, 0.25) is 5.78 Å². The molecule has 1 rings (SSSR count). The maximum atomic E-state index is 12.0. The zero-order valence-corrected chi connectivity index (χ0v) is 11.4. The van der Waals surface area contributed by atoms with Crippen molar-refractivity contribution in [2.24, 2.45) is 0 Å². The van der Waals surface area contributed by atoms with E-state index in [0.717, 1.165) is 12.8 Å². The van der Waals surface area contributed by atoms with Gasteiger partial charge in [0.25, 0.3) is 0 Å². The third-order valence-electron chi connectivity index (χ3n) is 2.87. The van der Waals surface area contributed by atoms with Crippen LogP contribution in [0.5, 0.6) is 0 Å². The van der Waals surface area contributed by atoms with Gasteiger partial charge in [0.15, 0.2) is 0 Å². The molecule has 4 heteroatoms. The lowest BCUT2D eigenvalue weighted by atomic mass is 10.1. The van der Waals surface area contributed by atoms with Crippen LogP contribution in [-0.2, 0) is 9.53 Å². The molecular weight excluding hydrogens is 230 g/mol. The second kappa shape index (κ2) is 5.90. The number of ether oxygens (including phenoxy) is 1. The van der Waals surface area contributed by atoms with Gasteiger partial charge in [-0.05, 0) is 46.0 Å². The largest absolute Gasteiger partial charge is 0.444 e. The molecule has 18 heavy (non-hydrogen) atoms. The van der Waals surface area contributed by atoms with Gasteiger partial charge in [-0.15, -0.1) is 6.42 Å². The van der Waals surface area contributed by atoms with Gasteiger partial charge in [-0.2, -0.15) is 0 Å². The minimum Gasteiger partial charge on any atom is -0.444 e. The van der Waals surface area contributed by atoms with Gasteiger partial charge in [0, 0.05) is 19.0 Å². The van der Waals surface area contributed by atoms with Crippen LogP contribution in [0.15, 0.2) is 0 Å². The van der Waals surface area contributed by atoms with Crippen LogP contribution in [0, 0.1) is 12.3 Å². The van der Waals surface area contributed by atoms with Gasteiger partial charge in [0.05, 0.1) is 0 Å². The summed E-state index contributed by atoms with van der Waals surface area (Å²) in [6.45, 7) is 6.23. The number of carbonyl (C=O) groups is 2. The van der Waals surface area contributed by atoms with Crippen molar-refractivity contribution in [3.63, 3.8) is 0 Å². The second-order valence-corrected chi connectivity index (χ2v) is 5.58. The summed E-state index contributed by atoms with van der Waals surface area (Å²) in [6, 6.07) is 0.0807. The van der Waals surface area contributed by atoms with Crippen LogP contribution in [0.2, 0.25) is 0 Å². The molecule has 1 fully saturated rings. The summed E-state index contributed by atoms with van der Waals surface area (Å²) in [5, 5.41) is 0. The van der Waals surface area contributed by atoms with E-state index in [-0.39, 0.29) is 17.9 Å². The van der Waals surface area contributed by atoms with Gasteiger partial charge in [0.1, 0.15) is 5.60 Å². The van der Waals surface area contributed by atoms with E-state index in [9.17, 15) is 9.59 Å². The van der Waals surface area contributed by atoms with E-state index in [4.69, 9.17) is 11.2 Å². The Morgan fingerprint density at radius 3 is 2.67 bits per heavy atom. The first-order chi connectivity index (χ1) is 8.33. The van der Waals surface area contributed by atoms with Crippen LogP contribution < -0.4 is 0 Å². The monoisotopic (exact) mass is 251 g/mol. The fourth-order valence-corrected chi connectivity index (χ4v) is 2.07. The Morgan fingerprint density at radius 1 is 1.44 bits per heavy atom. The highest BCUT2D eigenvalue weighted by Crippen LogP contribution is 2.23. The van der Waals surface area contributed by atoms with E-state index in [1.165, 1.54) is 0 Å². The topological polar surface area (TPSA) is 46.6 Å². The summed E-state index contributed by atoms with van der Waals surface area (Å²) in [5.74, 6) is 1.89. The summed E-state index contributed by atoms with van der Waals surface area (Å²) < 4.78 is 5.35. The first-order valence-electron chi connectivity index (χ1n) is 6.32. The molecule has 1 amide bonds. The highest BCUT2D eigenvalue weighted by molar-refractivity contribution is 5.94. The third-order valence-corrected chi connectivity index (χ3v) is 2.87. The van der Waals surface area contributed by atoms with E-state index < -0.39 is 5.60 Å². The molecule has 0 aromatic rings. The summed E-state index contributed by atoms with van der Waals surface area (Å²) >= 11 is 0. The molecule has 1 aliphatic rings. The Labute approximate surface area is 109 Å². The Kier molecular flexibility index (Phi) is 4.77. The predicted molar refractivity (Wildman–Crippen MR) is 69.0 cm³/mol. The fraction of sp³-hybridized carbons (Fsp3) is 0.714. The molecule has 1 heterocycles. The van der Waals surface area contributed by atoms with Crippen LogP contribution >= 0.6 is 0 Å². The molecule has 0 bridgehead atoms. The Morgan fingerprint density at radius 2 is 2.11 bits per heavy atom. The number of likely N-dealkylation sites (tertiary alicyclic amines) is 1. The maximum Gasteiger partial charge on any atom is 0.410 e. The summed E-state index contributed by atoms with van der Waals surface area (Å²) in [7, 11) is 0. The van der Waals surface area contributed by atoms with Crippen LogP contribution in [0.3, 0.4) is 0 Å². The van der Waals surface area contributed by atoms with Crippen molar-refractivity contribution in [1.29, 1.82) is 0 Å². The van der Waals surface area contributed by atoms with Gasteiger partial charge >= 0.3 is 6.09 Å². The fourth-order valence-electron chi connectivity index (χ4n) is 2.07. The molecule has 0 saturated carbocycles. The molecule has 100 valence electrons. The molecule has 0 aromatic carbocycles. The first-order valence-corrected chi connectivity index (χ1v) is 6.32. The average molecular weight is 251 g/mol. The molecule has 1 aliphatic heterocycles. The number of terminal acetylenes is 1. The minimum absolute atomic E-state index is 0.0807. The molecule has 0 spiro atoms. The Hall–Kier alpha value is -1.50. The predicted octanol–water partition coefficient (Wildman–Crippen LogP) is 2.37. The first kappa shape index (κ1) is 14.6. The molecule has 0 aliphatic carbocycles. The molecule has 0 aromatic heterocycles. The number of Topliss-reactive ketones (excluding diaryl/α,β-unsaturated/α-hetero) is 1. The van der Waals surface area contributed by atoms with Crippen molar-refractivity contribution in [2.75, 3.05) is 6.54 Å². The second-order valence-electron chi connectivity index (χ2n) is 5.58. The van der Waals surface area contributed by atoms with Crippen molar-refractivity contribution in [1.82, 2.24) is 4.90 Å². The molecule has 1 unspecified atom stereocenters. The summed E-state index contributed by atoms with van der Waals surface area (Å²) in [4.78, 5) is 24.8. The maximum absolute atomic E-state index is 12.0. The smallest absolute Gasteiger partial charge is 0.410 e. The molecule has 4 nitrogen and oxygen atoms in total. The van der Waals surface area contributed by atoms with E-state index in [1.807, 2.05) is 20.8 Å². The van der Waals surface area contributed by atoms with Crippen molar-refractivity contribution in [2.45, 2.75) is 58.1 Å². The van der Waals surface area contributed by atoms with Crippen LogP contribution in [0.4, 0.5) is 4.79 Å². The lowest BCUT2D eigenvalue weighted by molar-refractivity contribution is -0.114. The number of rotatable bonds is 3. The van der Waals surface area contributed by atoms with Crippen LogP contribution in [-0.4, -0.2) is 35.0 Å². The van der Waals surface area contributed by atoms with Crippen molar-refractivity contribution in [3.8, 4) is 12.3 Å². The zero-order valence-electron chi connectivity index (χ0n) is 11.4. The third kappa shape index (κ3) is 4.40. The quantitative estimate of drug-likeness (QED) is 0.571. The summed E-state index contributed by atoms with van der Waals surface area (Å²) in [5.41, 5.74) is -0.487.